The first kappa shape index (κ1) is 17.7. The van der Waals surface area contributed by atoms with E-state index in [1.807, 2.05) is 59.4 Å². The Morgan fingerprint density at radius 1 is 1.04 bits per heavy atom. The summed E-state index contributed by atoms with van der Waals surface area (Å²) in [6, 6.07) is 9.95. The van der Waals surface area contributed by atoms with Gasteiger partial charge in [-0.05, 0) is 43.3 Å². The van der Waals surface area contributed by atoms with Crippen LogP contribution in [0.4, 0.5) is 0 Å². The van der Waals surface area contributed by atoms with Crippen molar-refractivity contribution in [1.29, 1.82) is 0 Å². The number of nitrogens with zero attached hydrogens (tertiary/aromatic N) is 2. The van der Waals surface area contributed by atoms with Crippen LogP contribution in [0.5, 0.6) is 0 Å². The molecule has 1 aromatic heterocycles. The van der Waals surface area contributed by atoms with Gasteiger partial charge < -0.3 is 9.80 Å². The van der Waals surface area contributed by atoms with Crippen LogP contribution in [0.2, 0.25) is 0 Å². The SMILES string of the molecule is Cc1ccc(C)c(C(=O)N2CCCN(C(=O)Cc3cccs3)CC2)c1. The molecule has 1 aliphatic heterocycles. The van der Waals surface area contributed by atoms with Crippen LogP contribution >= 0.6 is 11.3 Å². The fourth-order valence-corrected chi connectivity index (χ4v) is 3.88. The zero-order valence-electron chi connectivity index (χ0n) is 14.8. The Morgan fingerprint density at radius 3 is 2.56 bits per heavy atom. The van der Waals surface area contributed by atoms with Gasteiger partial charge in [-0.1, -0.05) is 23.8 Å². The largest absolute Gasteiger partial charge is 0.341 e. The van der Waals surface area contributed by atoms with Crippen molar-refractivity contribution < 1.29 is 9.59 Å². The third-order valence-electron chi connectivity index (χ3n) is 4.66. The summed E-state index contributed by atoms with van der Waals surface area (Å²) in [5.74, 6) is 0.234. The molecule has 3 rings (SSSR count). The highest BCUT2D eigenvalue weighted by Crippen LogP contribution is 2.16. The van der Waals surface area contributed by atoms with Gasteiger partial charge in [0.25, 0.3) is 5.91 Å². The highest BCUT2D eigenvalue weighted by molar-refractivity contribution is 7.10. The van der Waals surface area contributed by atoms with Gasteiger partial charge in [-0.3, -0.25) is 9.59 Å². The average molecular weight is 356 g/mol. The minimum absolute atomic E-state index is 0.0776. The molecule has 0 radical (unpaired) electrons. The number of hydrogen-bond acceptors (Lipinski definition) is 3. The van der Waals surface area contributed by atoms with Crippen molar-refractivity contribution in [1.82, 2.24) is 9.80 Å². The van der Waals surface area contributed by atoms with Gasteiger partial charge in [0.15, 0.2) is 0 Å². The van der Waals surface area contributed by atoms with Crippen LogP contribution in [-0.2, 0) is 11.2 Å². The van der Waals surface area contributed by atoms with E-state index in [4.69, 9.17) is 0 Å². The standard InChI is InChI=1S/C20H24N2O2S/c1-15-6-7-16(2)18(13-15)20(24)22-9-4-8-21(10-11-22)19(23)14-17-5-3-12-25-17/h3,5-7,12-13H,4,8-11,14H2,1-2H3. The molecule has 5 heteroatoms. The van der Waals surface area contributed by atoms with E-state index in [2.05, 4.69) is 0 Å². The predicted octanol–water partition coefficient (Wildman–Crippen LogP) is 3.28. The zero-order valence-corrected chi connectivity index (χ0v) is 15.6. The van der Waals surface area contributed by atoms with Crippen molar-refractivity contribution in [3.05, 3.63) is 57.3 Å². The molecule has 4 nitrogen and oxygen atoms in total. The average Bonchev–Trinajstić information content (AvgIpc) is 2.97. The van der Waals surface area contributed by atoms with Gasteiger partial charge in [0.05, 0.1) is 6.42 Å². The van der Waals surface area contributed by atoms with E-state index >= 15 is 0 Å². The molecule has 1 saturated heterocycles. The molecule has 1 aromatic carbocycles. The van der Waals surface area contributed by atoms with Gasteiger partial charge in [0, 0.05) is 36.6 Å². The van der Waals surface area contributed by atoms with Crippen molar-refractivity contribution in [2.45, 2.75) is 26.7 Å². The third-order valence-corrected chi connectivity index (χ3v) is 5.54. The molecule has 0 N–H and O–H groups in total. The fraction of sp³-hybridized carbons (Fsp3) is 0.400. The smallest absolute Gasteiger partial charge is 0.254 e. The monoisotopic (exact) mass is 356 g/mol. The van der Waals surface area contributed by atoms with Gasteiger partial charge in [0.2, 0.25) is 5.91 Å². The topological polar surface area (TPSA) is 40.6 Å². The first-order valence-electron chi connectivity index (χ1n) is 8.71. The van der Waals surface area contributed by atoms with Crippen LogP contribution in [0, 0.1) is 13.8 Å². The maximum Gasteiger partial charge on any atom is 0.254 e. The molecular weight excluding hydrogens is 332 g/mol. The van der Waals surface area contributed by atoms with Crippen molar-refractivity contribution >= 4 is 23.2 Å². The van der Waals surface area contributed by atoms with Gasteiger partial charge in [-0.15, -0.1) is 11.3 Å². The molecule has 132 valence electrons. The molecule has 0 aliphatic carbocycles. The molecule has 25 heavy (non-hydrogen) atoms. The highest BCUT2D eigenvalue weighted by Gasteiger charge is 2.23. The Labute approximate surface area is 153 Å². The molecule has 0 spiro atoms. The highest BCUT2D eigenvalue weighted by atomic mass is 32.1. The number of aryl methyl sites for hydroxylation is 2. The molecular formula is C20H24N2O2S. The van der Waals surface area contributed by atoms with E-state index in [9.17, 15) is 9.59 Å². The summed E-state index contributed by atoms with van der Waals surface area (Å²) in [5, 5.41) is 2.00. The molecule has 0 atom stereocenters. The maximum absolute atomic E-state index is 12.9. The lowest BCUT2D eigenvalue weighted by Crippen LogP contribution is -2.38. The zero-order chi connectivity index (χ0) is 17.8. The Hall–Kier alpha value is -2.14. The molecule has 0 saturated carbocycles. The number of amides is 2. The van der Waals surface area contributed by atoms with Crippen LogP contribution in [0.1, 0.15) is 32.8 Å². The Kier molecular flexibility index (Phi) is 5.53. The van der Waals surface area contributed by atoms with Crippen LogP contribution in [0.25, 0.3) is 0 Å². The Morgan fingerprint density at radius 2 is 1.80 bits per heavy atom. The third kappa shape index (κ3) is 4.28. The minimum atomic E-state index is 0.0776. The van der Waals surface area contributed by atoms with Crippen molar-refractivity contribution in [2.24, 2.45) is 0 Å². The van der Waals surface area contributed by atoms with Gasteiger partial charge in [-0.2, -0.15) is 0 Å². The molecule has 1 fully saturated rings. The van der Waals surface area contributed by atoms with E-state index in [1.165, 1.54) is 0 Å². The second kappa shape index (κ2) is 7.83. The van der Waals surface area contributed by atoms with Gasteiger partial charge in [0.1, 0.15) is 0 Å². The van der Waals surface area contributed by atoms with E-state index < -0.39 is 0 Å². The first-order valence-corrected chi connectivity index (χ1v) is 9.59. The molecule has 2 aromatic rings. The number of carbonyl (C=O) groups excluding carboxylic acids is 2. The Balaban J connectivity index is 1.64. The number of benzene rings is 1. The van der Waals surface area contributed by atoms with E-state index in [0.717, 1.165) is 34.5 Å². The maximum atomic E-state index is 12.9. The van der Waals surface area contributed by atoms with Crippen LogP contribution < -0.4 is 0 Å². The quantitative estimate of drug-likeness (QED) is 0.847. The van der Waals surface area contributed by atoms with E-state index in [1.54, 1.807) is 11.3 Å². The van der Waals surface area contributed by atoms with Crippen LogP contribution in [0.15, 0.2) is 35.7 Å². The van der Waals surface area contributed by atoms with Crippen molar-refractivity contribution in [2.75, 3.05) is 26.2 Å². The minimum Gasteiger partial charge on any atom is -0.341 e. The Bertz CT molecular complexity index is 755. The molecule has 2 heterocycles. The number of thiophene rings is 1. The normalized spacial score (nSPS) is 15.1. The van der Waals surface area contributed by atoms with Gasteiger partial charge >= 0.3 is 0 Å². The summed E-state index contributed by atoms with van der Waals surface area (Å²) in [7, 11) is 0. The van der Waals surface area contributed by atoms with E-state index in [-0.39, 0.29) is 11.8 Å². The first-order chi connectivity index (χ1) is 12.0. The number of carbonyl (C=O) groups is 2. The lowest BCUT2D eigenvalue weighted by atomic mass is 10.0. The van der Waals surface area contributed by atoms with Crippen LogP contribution in [-0.4, -0.2) is 47.8 Å². The predicted molar refractivity (Wildman–Crippen MR) is 101 cm³/mol. The molecule has 0 unspecified atom stereocenters. The molecule has 0 bridgehead atoms. The lowest BCUT2D eigenvalue weighted by molar-refractivity contribution is -0.130. The summed E-state index contributed by atoms with van der Waals surface area (Å²) < 4.78 is 0. The number of hydrogen-bond donors (Lipinski definition) is 0. The summed E-state index contributed by atoms with van der Waals surface area (Å²) >= 11 is 1.61. The lowest BCUT2D eigenvalue weighted by Gasteiger charge is -2.23. The van der Waals surface area contributed by atoms with Crippen LogP contribution in [0.3, 0.4) is 0 Å². The van der Waals surface area contributed by atoms with Gasteiger partial charge in [-0.25, -0.2) is 0 Å². The van der Waals surface area contributed by atoms with Crippen molar-refractivity contribution in [3.8, 4) is 0 Å². The van der Waals surface area contributed by atoms with Crippen molar-refractivity contribution in [3.63, 3.8) is 0 Å². The number of rotatable bonds is 3. The second-order valence-corrected chi connectivity index (χ2v) is 7.63. The molecule has 2 amide bonds. The van der Waals surface area contributed by atoms with E-state index in [0.29, 0.717) is 26.1 Å². The molecule has 1 aliphatic rings. The summed E-state index contributed by atoms with van der Waals surface area (Å²) in [6.07, 6.45) is 1.29. The fourth-order valence-electron chi connectivity index (χ4n) is 3.18. The second-order valence-electron chi connectivity index (χ2n) is 6.60. The summed E-state index contributed by atoms with van der Waals surface area (Å²) in [4.78, 5) is 30.3. The summed E-state index contributed by atoms with van der Waals surface area (Å²) in [5.41, 5.74) is 2.88. The summed E-state index contributed by atoms with van der Waals surface area (Å²) in [6.45, 7) is 6.62.